The summed E-state index contributed by atoms with van der Waals surface area (Å²) >= 11 is 0. The molecule has 4 heteroatoms. The Hall–Kier alpha value is -1.84. The Balaban J connectivity index is 2.12. The lowest BCUT2D eigenvalue weighted by molar-refractivity contribution is -0.129. The van der Waals surface area contributed by atoms with E-state index in [-0.39, 0.29) is 17.4 Å². The van der Waals surface area contributed by atoms with E-state index in [1.54, 1.807) is 4.90 Å². The molecule has 0 atom stereocenters. The van der Waals surface area contributed by atoms with Gasteiger partial charge in [-0.25, -0.2) is 4.79 Å². The molecule has 4 nitrogen and oxygen atoms in total. The monoisotopic (exact) mass is 274 g/mol. The number of amides is 3. The second-order valence-electron chi connectivity index (χ2n) is 6.56. The number of carbonyl (C=O) groups excluding carboxylic acids is 2. The Kier molecular flexibility index (Phi) is 3.84. The van der Waals surface area contributed by atoms with Crippen molar-refractivity contribution in [2.45, 2.75) is 34.1 Å². The Bertz CT molecular complexity index is 532. The quantitative estimate of drug-likeness (QED) is 0.831. The van der Waals surface area contributed by atoms with Crippen LogP contribution in [0.15, 0.2) is 24.3 Å². The zero-order chi connectivity index (χ0) is 14.9. The molecule has 20 heavy (non-hydrogen) atoms. The summed E-state index contributed by atoms with van der Waals surface area (Å²) in [6, 6.07) is 7.59. The lowest BCUT2D eigenvalue weighted by Crippen LogP contribution is -2.37. The molecule has 2 rings (SSSR count). The lowest BCUT2D eigenvalue weighted by Gasteiger charge is -2.22. The summed E-state index contributed by atoms with van der Waals surface area (Å²) in [5.41, 5.74) is 1.87. The summed E-state index contributed by atoms with van der Waals surface area (Å²) in [6.45, 7) is 9.05. The van der Waals surface area contributed by atoms with E-state index in [1.165, 1.54) is 4.90 Å². The van der Waals surface area contributed by atoms with Crippen LogP contribution in [-0.4, -0.2) is 29.9 Å². The first kappa shape index (κ1) is 14.6. The molecule has 0 unspecified atom stereocenters. The van der Waals surface area contributed by atoms with Crippen LogP contribution in [-0.2, 0) is 4.79 Å². The van der Waals surface area contributed by atoms with Crippen molar-refractivity contribution in [3.05, 3.63) is 29.8 Å². The molecule has 108 valence electrons. The molecule has 1 fully saturated rings. The van der Waals surface area contributed by atoms with E-state index in [2.05, 4.69) is 0 Å². The van der Waals surface area contributed by atoms with E-state index in [4.69, 9.17) is 0 Å². The summed E-state index contributed by atoms with van der Waals surface area (Å²) in [4.78, 5) is 27.6. The summed E-state index contributed by atoms with van der Waals surface area (Å²) in [7, 11) is 0. The minimum Gasteiger partial charge on any atom is -0.292 e. The minimum atomic E-state index is -0.204. The van der Waals surface area contributed by atoms with E-state index in [9.17, 15) is 9.59 Å². The van der Waals surface area contributed by atoms with Gasteiger partial charge in [-0.3, -0.25) is 14.6 Å². The van der Waals surface area contributed by atoms with Gasteiger partial charge in [-0.05, 0) is 30.0 Å². The first-order valence-corrected chi connectivity index (χ1v) is 6.96. The molecule has 0 radical (unpaired) electrons. The highest BCUT2D eigenvalue weighted by atomic mass is 16.2. The Labute approximate surface area is 120 Å². The highest BCUT2D eigenvalue weighted by Gasteiger charge is 2.35. The fourth-order valence-corrected chi connectivity index (χ4v) is 2.35. The van der Waals surface area contributed by atoms with Crippen LogP contribution < -0.4 is 4.90 Å². The fourth-order valence-electron chi connectivity index (χ4n) is 2.35. The molecular formula is C16H22N2O2. The number of rotatable bonds is 2. The van der Waals surface area contributed by atoms with E-state index < -0.39 is 0 Å². The van der Waals surface area contributed by atoms with Gasteiger partial charge >= 0.3 is 6.03 Å². The van der Waals surface area contributed by atoms with Crippen molar-refractivity contribution in [2.75, 3.05) is 18.0 Å². The highest BCUT2D eigenvalue weighted by molar-refractivity contribution is 6.04. The maximum atomic E-state index is 12.4. The second kappa shape index (κ2) is 5.27. The predicted molar refractivity (Wildman–Crippen MR) is 79.7 cm³/mol. The first-order valence-electron chi connectivity index (χ1n) is 6.96. The van der Waals surface area contributed by atoms with E-state index in [0.29, 0.717) is 19.5 Å². The molecule has 1 aromatic carbocycles. The number of hydrogen-bond donors (Lipinski definition) is 0. The van der Waals surface area contributed by atoms with Crippen LogP contribution >= 0.6 is 0 Å². The van der Waals surface area contributed by atoms with Gasteiger partial charge in [0.25, 0.3) is 0 Å². The first-order chi connectivity index (χ1) is 9.28. The fraction of sp³-hybridized carbons (Fsp3) is 0.500. The Morgan fingerprint density at radius 1 is 1.25 bits per heavy atom. The van der Waals surface area contributed by atoms with Crippen molar-refractivity contribution in [3.8, 4) is 0 Å². The number of urea groups is 1. The third-order valence-electron chi connectivity index (χ3n) is 3.30. The van der Waals surface area contributed by atoms with Crippen LogP contribution in [0.5, 0.6) is 0 Å². The molecule has 0 saturated carbocycles. The van der Waals surface area contributed by atoms with Crippen molar-refractivity contribution >= 4 is 17.6 Å². The van der Waals surface area contributed by atoms with Crippen molar-refractivity contribution in [1.29, 1.82) is 0 Å². The van der Waals surface area contributed by atoms with Crippen LogP contribution in [0.3, 0.4) is 0 Å². The second-order valence-corrected chi connectivity index (χ2v) is 6.56. The summed E-state index contributed by atoms with van der Waals surface area (Å²) in [6.07, 6.45) is 0.389. The summed E-state index contributed by atoms with van der Waals surface area (Å²) < 4.78 is 0. The standard InChI is InChI=1S/C16H22N2O2/c1-12-6-5-7-13(10-12)17-8-9-18(15(17)20)14(19)11-16(2,3)4/h5-7,10H,8-9,11H2,1-4H3. The van der Waals surface area contributed by atoms with Crippen LogP contribution in [0.2, 0.25) is 0 Å². The molecule has 1 aliphatic rings. The van der Waals surface area contributed by atoms with E-state index >= 15 is 0 Å². The zero-order valence-electron chi connectivity index (χ0n) is 12.6. The predicted octanol–water partition coefficient (Wildman–Crippen LogP) is 3.20. The molecular weight excluding hydrogens is 252 g/mol. The summed E-state index contributed by atoms with van der Waals surface area (Å²) in [5.74, 6) is -0.0855. The van der Waals surface area contributed by atoms with Crippen molar-refractivity contribution < 1.29 is 9.59 Å². The smallest absolute Gasteiger partial charge is 0.292 e. The van der Waals surface area contributed by atoms with Gasteiger partial charge in [0.1, 0.15) is 0 Å². The molecule has 0 spiro atoms. The third-order valence-corrected chi connectivity index (χ3v) is 3.30. The maximum Gasteiger partial charge on any atom is 0.331 e. The van der Waals surface area contributed by atoms with Crippen molar-refractivity contribution in [3.63, 3.8) is 0 Å². The minimum absolute atomic E-state index is 0.0855. The highest BCUT2D eigenvalue weighted by Crippen LogP contribution is 2.25. The van der Waals surface area contributed by atoms with E-state index in [0.717, 1.165) is 11.3 Å². The molecule has 1 aromatic rings. The Morgan fingerprint density at radius 2 is 1.95 bits per heavy atom. The number of anilines is 1. The SMILES string of the molecule is Cc1cccc(N2CCN(C(=O)CC(C)(C)C)C2=O)c1. The van der Waals surface area contributed by atoms with Gasteiger partial charge in [-0.15, -0.1) is 0 Å². The normalized spacial score (nSPS) is 15.9. The van der Waals surface area contributed by atoms with Gasteiger partial charge in [-0.1, -0.05) is 32.9 Å². The number of imide groups is 1. The van der Waals surface area contributed by atoms with Gasteiger partial charge in [-0.2, -0.15) is 0 Å². The van der Waals surface area contributed by atoms with Gasteiger partial charge < -0.3 is 0 Å². The Morgan fingerprint density at radius 3 is 2.55 bits per heavy atom. The molecule has 1 aliphatic heterocycles. The van der Waals surface area contributed by atoms with Crippen LogP contribution in [0.1, 0.15) is 32.8 Å². The van der Waals surface area contributed by atoms with Crippen LogP contribution in [0.25, 0.3) is 0 Å². The zero-order valence-corrected chi connectivity index (χ0v) is 12.6. The van der Waals surface area contributed by atoms with Gasteiger partial charge in [0, 0.05) is 25.2 Å². The van der Waals surface area contributed by atoms with Crippen LogP contribution in [0.4, 0.5) is 10.5 Å². The lowest BCUT2D eigenvalue weighted by atomic mass is 9.92. The average molecular weight is 274 g/mol. The van der Waals surface area contributed by atoms with Gasteiger partial charge in [0.15, 0.2) is 0 Å². The molecule has 0 aromatic heterocycles. The topological polar surface area (TPSA) is 40.6 Å². The molecule has 0 aliphatic carbocycles. The maximum absolute atomic E-state index is 12.4. The number of benzene rings is 1. The molecule has 0 N–H and O–H groups in total. The average Bonchev–Trinajstić information content (AvgIpc) is 2.69. The number of hydrogen-bond acceptors (Lipinski definition) is 2. The number of carbonyl (C=O) groups is 2. The summed E-state index contributed by atoms with van der Waals surface area (Å²) in [5, 5.41) is 0. The number of aryl methyl sites for hydroxylation is 1. The van der Waals surface area contributed by atoms with Crippen LogP contribution in [0, 0.1) is 12.3 Å². The van der Waals surface area contributed by atoms with Crippen molar-refractivity contribution in [1.82, 2.24) is 4.90 Å². The van der Waals surface area contributed by atoms with E-state index in [1.807, 2.05) is 52.0 Å². The molecule has 0 bridgehead atoms. The molecule has 1 heterocycles. The van der Waals surface area contributed by atoms with Gasteiger partial charge in [0.05, 0.1) is 0 Å². The van der Waals surface area contributed by atoms with Crippen molar-refractivity contribution in [2.24, 2.45) is 5.41 Å². The van der Waals surface area contributed by atoms with Gasteiger partial charge in [0.2, 0.25) is 5.91 Å². The molecule has 3 amide bonds. The third kappa shape index (κ3) is 3.18. The largest absolute Gasteiger partial charge is 0.331 e. The number of nitrogens with zero attached hydrogens (tertiary/aromatic N) is 2. The molecule has 1 saturated heterocycles.